The summed E-state index contributed by atoms with van der Waals surface area (Å²) in [7, 11) is 3.41. The highest BCUT2D eigenvalue weighted by Gasteiger charge is 2.43. The van der Waals surface area contributed by atoms with Gasteiger partial charge in [-0.1, -0.05) is 23.9 Å². The van der Waals surface area contributed by atoms with E-state index >= 15 is 0 Å². The maximum absolute atomic E-state index is 13.6. The first-order valence-electron chi connectivity index (χ1n) is 10.0. The van der Waals surface area contributed by atoms with Crippen molar-refractivity contribution in [2.75, 3.05) is 33.1 Å². The summed E-state index contributed by atoms with van der Waals surface area (Å²) in [5.41, 5.74) is 1.90. The normalized spacial score (nSPS) is 19.0. The van der Waals surface area contributed by atoms with Gasteiger partial charge in [0.15, 0.2) is 5.17 Å². The van der Waals surface area contributed by atoms with E-state index in [1.54, 1.807) is 47.0 Å². The standard InChI is InChI=1S/C22H28FN3O4S/c1-6-29-20(27)17-13(3)26-16(12-31-22(24-4)25-5)19(21(28)30-7-2)18(17)14-8-10-15(23)11-9-14/h8-11,17-18H,6-7,12H2,1-5H3,(H,24,25). The fourth-order valence-electron chi connectivity index (χ4n) is 3.45. The van der Waals surface area contributed by atoms with Crippen LogP contribution in [0, 0.1) is 11.7 Å². The Morgan fingerprint density at radius 1 is 1.19 bits per heavy atom. The second-order valence-electron chi connectivity index (χ2n) is 6.66. The molecule has 2 atom stereocenters. The highest BCUT2D eigenvalue weighted by Crippen LogP contribution is 2.41. The molecule has 1 N–H and O–H groups in total. The minimum Gasteiger partial charge on any atom is -0.465 e. The second-order valence-corrected chi connectivity index (χ2v) is 7.62. The largest absolute Gasteiger partial charge is 0.465 e. The van der Waals surface area contributed by atoms with Crippen LogP contribution in [0.3, 0.4) is 0 Å². The van der Waals surface area contributed by atoms with Gasteiger partial charge in [-0.3, -0.25) is 14.8 Å². The quantitative estimate of drug-likeness (QED) is 0.390. The molecule has 7 nitrogen and oxygen atoms in total. The van der Waals surface area contributed by atoms with Gasteiger partial charge < -0.3 is 14.8 Å². The Bertz CT molecular complexity index is 897. The lowest BCUT2D eigenvalue weighted by molar-refractivity contribution is -0.146. The van der Waals surface area contributed by atoms with E-state index in [4.69, 9.17) is 9.47 Å². The average Bonchev–Trinajstić information content (AvgIpc) is 2.74. The van der Waals surface area contributed by atoms with Crippen molar-refractivity contribution in [3.05, 3.63) is 46.9 Å². The number of aliphatic imine (C=N–C) groups is 2. The summed E-state index contributed by atoms with van der Waals surface area (Å²) in [6.45, 7) is 5.52. The molecular weight excluding hydrogens is 421 g/mol. The van der Waals surface area contributed by atoms with E-state index in [0.717, 1.165) is 0 Å². The van der Waals surface area contributed by atoms with Crippen LogP contribution in [0.25, 0.3) is 0 Å². The fraction of sp³-hybridized carbons (Fsp3) is 0.455. The molecule has 1 aliphatic heterocycles. The summed E-state index contributed by atoms with van der Waals surface area (Å²) in [4.78, 5) is 34.6. The number of hydrogen-bond donors (Lipinski definition) is 1. The number of nitrogens with one attached hydrogen (secondary N) is 1. The molecule has 1 aromatic carbocycles. The number of ether oxygens (including phenoxy) is 2. The van der Waals surface area contributed by atoms with Gasteiger partial charge in [-0.15, -0.1) is 0 Å². The molecule has 0 amide bonds. The van der Waals surface area contributed by atoms with Crippen molar-refractivity contribution >= 4 is 34.6 Å². The van der Waals surface area contributed by atoms with Gasteiger partial charge in [0.1, 0.15) is 11.7 Å². The van der Waals surface area contributed by atoms with Gasteiger partial charge in [0.25, 0.3) is 0 Å². The molecule has 0 spiro atoms. The Morgan fingerprint density at radius 3 is 2.39 bits per heavy atom. The fourth-order valence-corrected chi connectivity index (χ4v) is 4.21. The molecule has 1 aliphatic rings. The number of carbonyl (C=O) groups excluding carboxylic acids is 2. The molecule has 2 unspecified atom stereocenters. The molecule has 1 aromatic rings. The summed E-state index contributed by atoms with van der Waals surface area (Å²) in [5.74, 6) is -2.64. The molecule has 0 radical (unpaired) electrons. The number of benzene rings is 1. The molecule has 0 fully saturated rings. The van der Waals surface area contributed by atoms with Crippen molar-refractivity contribution in [3.8, 4) is 0 Å². The van der Waals surface area contributed by atoms with E-state index in [0.29, 0.717) is 27.9 Å². The second kappa shape index (κ2) is 11.6. The Morgan fingerprint density at radius 2 is 1.84 bits per heavy atom. The summed E-state index contributed by atoms with van der Waals surface area (Å²) in [6, 6.07) is 5.75. The predicted molar refractivity (Wildman–Crippen MR) is 121 cm³/mol. The van der Waals surface area contributed by atoms with Crippen molar-refractivity contribution in [2.45, 2.75) is 26.7 Å². The molecule has 0 aliphatic carbocycles. The first kappa shape index (κ1) is 24.6. The number of nitrogens with zero attached hydrogens (tertiary/aromatic N) is 2. The number of halogens is 1. The van der Waals surface area contributed by atoms with E-state index < -0.39 is 29.6 Å². The van der Waals surface area contributed by atoms with Crippen LogP contribution in [0.5, 0.6) is 0 Å². The highest BCUT2D eigenvalue weighted by molar-refractivity contribution is 8.13. The third kappa shape index (κ3) is 5.94. The highest BCUT2D eigenvalue weighted by atomic mass is 32.2. The van der Waals surface area contributed by atoms with E-state index in [9.17, 15) is 14.0 Å². The zero-order valence-electron chi connectivity index (χ0n) is 18.4. The minimum atomic E-state index is -0.817. The topological polar surface area (TPSA) is 89.4 Å². The van der Waals surface area contributed by atoms with Crippen LogP contribution in [0.15, 0.2) is 45.5 Å². The molecular formula is C22H28FN3O4S. The van der Waals surface area contributed by atoms with Crippen molar-refractivity contribution in [1.82, 2.24) is 5.32 Å². The van der Waals surface area contributed by atoms with Crippen molar-refractivity contribution in [2.24, 2.45) is 15.9 Å². The van der Waals surface area contributed by atoms with Crippen LogP contribution in [0.4, 0.5) is 4.39 Å². The van der Waals surface area contributed by atoms with Crippen LogP contribution >= 0.6 is 11.8 Å². The zero-order valence-corrected chi connectivity index (χ0v) is 19.2. The summed E-state index contributed by atoms with van der Waals surface area (Å²) in [6.07, 6.45) is 0. The van der Waals surface area contributed by atoms with Crippen LogP contribution < -0.4 is 5.32 Å². The first-order valence-corrected chi connectivity index (χ1v) is 11.0. The molecule has 0 aromatic heterocycles. The molecule has 0 saturated heterocycles. The molecule has 9 heteroatoms. The Labute approximate surface area is 186 Å². The smallest absolute Gasteiger partial charge is 0.336 e. The molecule has 0 bridgehead atoms. The number of rotatable bonds is 7. The van der Waals surface area contributed by atoms with E-state index in [1.165, 1.54) is 23.9 Å². The lowest BCUT2D eigenvalue weighted by Gasteiger charge is -2.32. The number of thioether (sulfide) groups is 1. The van der Waals surface area contributed by atoms with Gasteiger partial charge in [0.2, 0.25) is 0 Å². The first-order chi connectivity index (χ1) is 14.9. The summed E-state index contributed by atoms with van der Waals surface area (Å²) in [5, 5.41) is 3.65. The third-order valence-electron chi connectivity index (χ3n) is 4.74. The summed E-state index contributed by atoms with van der Waals surface area (Å²) >= 11 is 1.38. The maximum Gasteiger partial charge on any atom is 0.336 e. The molecule has 2 rings (SSSR count). The van der Waals surface area contributed by atoms with Gasteiger partial charge in [-0.05, 0) is 38.5 Å². The molecule has 168 valence electrons. The van der Waals surface area contributed by atoms with E-state index in [-0.39, 0.29) is 18.8 Å². The average molecular weight is 450 g/mol. The number of carbonyl (C=O) groups is 2. The SMILES string of the molecule is CCOC(=O)C1=C(CSC(=NC)NC)N=C(C)C(C(=O)OCC)C1c1ccc(F)cc1. The molecule has 0 saturated carbocycles. The Balaban J connectivity index is 2.65. The number of esters is 2. The van der Waals surface area contributed by atoms with Crippen molar-refractivity contribution < 1.29 is 23.5 Å². The Hall–Kier alpha value is -2.68. The third-order valence-corrected chi connectivity index (χ3v) is 5.82. The lowest BCUT2D eigenvalue weighted by atomic mass is 9.75. The predicted octanol–water partition coefficient (Wildman–Crippen LogP) is 3.32. The van der Waals surface area contributed by atoms with Gasteiger partial charge >= 0.3 is 11.9 Å². The minimum absolute atomic E-state index is 0.170. The van der Waals surface area contributed by atoms with Crippen LogP contribution in [-0.4, -0.2) is 55.9 Å². The maximum atomic E-state index is 13.6. The zero-order chi connectivity index (χ0) is 23.0. The number of amidine groups is 1. The van der Waals surface area contributed by atoms with Crippen LogP contribution in [-0.2, 0) is 19.1 Å². The van der Waals surface area contributed by atoms with Crippen LogP contribution in [0.1, 0.15) is 32.3 Å². The van der Waals surface area contributed by atoms with Gasteiger partial charge in [0.05, 0.1) is 24.5 Å². The van der Waals surface area contributed by atoms with Crippen LogP contribution in [0.2, 0.25) is 0 Å². The van der Waals surface area contributed by atoms with Crippen molar-refractivity contribution in [3.63, 3.8) is 0 Å². The van der Waals surface area contributed by atoms with Gasteiger partial charge in [-0.2, -0.15) is 0 Å². The van der Waals surface area contributed by atoms with Crippen molar-refractivity contribution in [1.29, 1.82) is 0 Å². The molecule has 1 heterocycles. The van der Waals surface area contributed by atoms with Gasteiger partial charge in [0, 0.05) is 31.5 Å². The van der Waals surface area contributed by atoms with E-state index in [1.807, 2.05) is 0 Å². The van der Waals surface area contributed by atoms with Gasteiger partial charge in [-0.25, -0.2) is 9.18 Å². The summed E-state index contributed by atoms with van der Waals surface area (Å²) < 4.78 is 24.2. The van der Waals surface area contributed by atoms with E-state index in [2.05, 4.69) is 15.3 Å². The monoisotopic (exact) mass is 449 g/mol. The lowest BCUT2D eigenvalue weighted by Crippen LogP contribution is -2.37. The molecule has 31 heavy (non-hydrogen) atoms. The number of hydrogen-bond acceptors (Lipinski definition) is 7. The Kier molecular flexibility index (Phi) is 9.23.